The summed E-state index contributed by atoms with van der Waals surface area (Å²) in [6, 6.07) is 1.35. The van der Waals surface area contributed by atoms with E-state index in [1.54, 1.807) is 0 Å². The molecule has 0 aliphatic carbocycles. The molecule has 11 heavy (non-hydrogen) atoms. The van der Waals surface area contributed by atoms with E-state index in [-0.39, 0.29) is 7.83 Å². The lowest BCUT2D eigenvalue weighted by Gasteiger charge is -2.01. The molecule has 0 aromatic rings. The van der Waals surface area contributed by atoms with Gasteiger partial charge in [0, 0.05) is 27.4 Å². The molecular formula is C8H17Si3. The third kappa shape index (κ3) is 10.7. The summed E-state index contributed by atoms with van der Waals surface area (Å²) in [7, 11) is 6.92. The molecule has 3 heteroatoms. The van der Waals surface area contributed by atoms with E-state index in [4.69, 9.17) is 0 Å². The summed E-state index contributed by atoms with van der Waals surface area (Å²) in [6.45, 7) is 2.26. The molecular weight excluding hydrogens is 180 g/mol. The van der Waals surface area contributed by atoms with Gasteiger partial charge in [-0.3, -0.25) is 0 Å². The van der Waals surface area contributed by atoms with E-state index >= 15 is 0 Å². The van der Waals surface area contributed by atoms with Gasteiger partial charge in [0.05, 0.1) is 0 Å². The molecule has 0 rings (SSSR count). The minimum Gasteiger partial charge on any atom is -0.0654 e. The highest BCUT2D eigenvalue weighted by molar-refractivity contribution is 7.29. The second-order valence-electron chi connectivity index (χ2n) is 3.00. The maximum absolute atomic E-state index is 3.62. The highest BCUT2D eigenvalue weighted by Gasteiger charge is 1.95. The lowest BCUT2D eigenvalue weighted by atomic mass is 10.1. The van der Waals surface area contributed by atoms with Crippen LogP contribution in [0.15, 0.2) is 0 Å². The molecule has 0 aliphatic heterocycles. The van der Waals surface area contributed by atoms with Crippen molar-refractivity contribution in [2.24, 2.45) is 0 Å². The average Bonchev–Trinajstić information content (AvgIpc) is 1.96. The Morgan fingerprint density at radius 1 is 0.909 bits per heavy atom. The predicted molar refractivity (Wildman–Crippen MR) is 55.4 cm³/mol. The van der Waals surface area contributed by atoms with E-state index < -0.39 is 0 Å². The average molecular weight is 197 g/mol. The molecule has 0 amide bonds. The van der Waals surface area contributed by atoms with Crippen LogP contribution in [-0.2, 0) is 0 Å². The fourth-order valence-electron chi connectivity index (χ4n) is 1.08. The summed E-state index contributed by atoms with van der Waals surface area (Å²) in [5.74, 6) is 0. The quantitative estimate of drug-likeness (QED) is 0.433. The van der Waals surface area contributed by atoms with E-state index in [9.17, 15) is 0 Å². The smallest absolute Gasteiger partial charge is 0.0144 e. The van der Waals surface area contributed by atoms with Crippen molar-refractivity contribution in [3.05, 3.63) is 0 Å². The number of unbranched alkanes of at least 4 members (excludes halogenated alkanes) is 5. The van der Waals surface area contributed by atoms with Crippen molar-refractivity contribution in [3.63, 3.8) is 0 Å². The van der Waals surface area contributed by atoms with E-state index in [1.165, 1.54) is 44.6 Å². The molecule has 7 radical (unpaired) electrons. The Balaban J connectivity index is 2.80. The van der Waals surface area contributed by atoms with Crippen molar-refractivity contribution in [1.82, 2.24) is 0 Å². The van der Waals surface area contributed by atoms with Gasteiger partial charge in [0.1, 0.15) is 0 Å². The summed E-state index contributed by atoms with van der Waals surface area (Å²) in [6.07, 6.45) is 8.45. The minimum absolute atomic E-state index is 0.316. The molecule has 61 valence electrons. The van der Waals surface area contributed by atoms with Gasteiger partial charge in [0.2, 0.25) is 0 Å². The van der Waals surface area contributed by atoms with E-state index in [0.717, 1.165) is 0 Å². The van der Waals surface area contributed by atoms with Crippen LogP contribution in [0.5, 0.6) is 0 Å². The van der Waals surface area contributed by atoms with Gasteiger partial charge in [-0.2, -0.15) is 0 Å². The Hall–Kier alpha value is 0.651. The fourth-order valence-corrected chi connectivity index (χ4v) is 2.75. The second kappa shape index (κ2) is 8.74. The van der Waals surface area contributed by atoms with Crippen LogP contribution in [0.1, 0.15) is 45.4 Å². The normalized spacial score (nSPS) is 10.9. The Morgan fingerprint density at radius 2 is 1.45 bits per heavy atom. The van der Waals surface area contributed by atoms with Gasteiger partial charge in [-0.15, -0.1) is 0 Å². The molecule has 0 saturated heterocycles. The van der Waals surface area contributed by atoms with Crippen molar-refractivity contribution >= 4 is 27.4 Å². The molecule has 0 spiro atoms. The van der Waals surface area contributed by atoms with Crippen LogP contribution >= 0.6 is 0 Å². The van der Waals surface area contributed by atoms with Crippen LogP contribution in [-0.4, -0.2) is 27.4 Å². The molecule has 0 aromatic heterocycles. The summed E-state index contributed by atoms with van der Waals surface area (Å²) < 4.78 is 0. The molecule has 0 fully saturated rings. The zero-order valence-corrected chi connectivity index (χ0v) is 10.4. The van der Waals surface area contributed by atoms with Crippen molar-refractivity contribution in [2.45, 2.75) is 51.5 Å². The number of hydrogen-bond acceptors (Lipinski definition) is 0. The first-order valence-electron chi connectivity index (χ1n) is 4.56. The summed E-state index contributed by atoms with van der Waals surface area (Å²) in [5, 5.41) is 0. The molecule has 0 heterocycles. The van der Waals surface area contributed by atoms with Crippen molar-refractivity contribution < 1.29 is 0 Å². The topological polar surface area (TPSA) is 0 Å². The van der Waals surface area contributed by atoms with Crippen LogP contribution < -0.4 is 0 Å². The Morgan fingerprint density at radius 3 is 2.00 bits per heavy atom. The van der Waals surface area contributed by atoms with Gasteiger partial charge < -0.3 is 0 Å². The molecule has 0 aromatic carbocycles. The van der Waals surface area contributed by atoms with E-state index in [2.05, 4.69) is 26.4 Å². The van der Waals surface area contributed by atoms with Gasteiger partial charge in [0.25, 0.3) is 0 Å². The predicted octanol–water partition coefficient (Wildman–Crippen LogP) is 2.17. The second-order valence-corrected chi connectivity index (χ2v) is 9.57. The van der Waals surface area contributed by atoms with E-state index in [0.29, 0.717) is 0 Å². The van der Waals surface area contributed by atoms with Gasteiger partial charge in [-0.05, 0) is 0 Å². The highest BCUT2D eigenvalue weighted by atomic mass is 29.5. The molecule has 0 nitrogen and oxygen atoms in total. The van der Waals surface area contributed by atoms with Crippen LogP contribution in [0.4, 0.5) is 0 Å². The molecule has 0 N–H and O–H groups in total. The first-order chi connectivity index (χ1) is 5.27. The number of rotatable bonds is 7. The Labute approximate surface area is 79.2 Å². The lowest BCUT2D eigenvalue weighted by Crippen LogP contribution is -2.11. The van der Waals surface area contributed by atoms with Crippen LogP contribution in [0.25, 0.3) is 0 Å². The fraction of sp³-hybridized carbons (Fsp3) is 1.00. The zero-order valence-electron chi connectivity index (χ0n) is 7.45. The largest absolute Gasteiger partial charge is 0.0654 e. The summed E-state index contributed by atoms with van der Waals surface area (Å²) >= 11 is 0. The standard InChI is InChI=1S/C8H17Si3/c1-2-3-4-5-6-7-8-11(9)10/h2-8H2,1H3. The van der Waals surface area contributed by atoms with Crippen LogP contribution in [0, 0.1) is 0 Å². The maximum Gasteiger partial charge on any atom is 0.0144 e. The van der Waals surface area contributed by atoms with Crippen LogP contribution in [0.3, 0.4) is 0 Å². The molecule has 0 bridgehead atoms. The summed E-state index contributed by atoms with van der Waals surface area (Å²) in [4.78, 5) is 0. The minimum atomic E-state index is -0.316. The van der Waals surface area contributed by atoms with Crippen molar-refractivity contribution in [3.8, 4) is 0 Å². The maximum atomic E-state index is 3.62. The third-order valence-corrected chi connectivity index (χ3v) is 4.13. The molecule has 0 saturated carbocycles. The zero-order chi connectivity index (χ0) is 8.53. The third-order valence-electron chi connectivity index (χ3n) is 1.78. The van der Waals surface area contributed by atoms with E-state index in [1.807, 2.05) is 0 Å². The number of hydrogen-bond donors (Lipinski definition) is 0. The van der Waals surface area contributed by atoms with Gasteiger partial charge in [-0.1, -0.05) is 51.5 Å². The molecule has 0 aliphatic rings. The van der Waals surface area contributed by atoms with Gasteiger partial charge in [-0.25, -0.2) is 0 Å². The highest BCUT2D eigenvalue weighted by Crippen LogP contribution is 2.07. The van der Waals surface area contributed by atoms with Crippen LogP contribution in [0.2, 0.25) is 6.04 Å². The van der Waals surface area contributed by atoms with Crippen molar-refractivity contribution in [1.29, 1.82) is 0 Å². The monoisotopic (exact) mass is 197 g/mol. The molecule has 0 unspecified atom stereocenters. The first kappa shape index (κ1) is 11.7. The Kier molecular flexibility index (Phi) is 9.26. The molecule has 0 atom stereocenters. The van der Waals surface area contributed by atoms with Crippen molar-refractivity contribution in [2.75, 3.05) is 0 Å². The van der Waals surface area contributed by atoms with Gasteiger partial charge >= 0.3 is 0 Å². The lowest BCUT2D eigenvalue weighted by molar-refractivity contribution is 0.624. The van der Waals surface area contributed by atoms with Gasteiger partial charge in [0.15, 0.2) is 0 Å². The first-order valence-corrected chi connectivity index (χ1v) is 9.27. The Bertz CT molecular complexity index is 73.7. The SMILES string of the molecule is CCCCCCCC[Si]([Si])[Si]. The summed E-state index contributed by atoms with van der Waals surface area (Å²) in [5.41, 5.74) is 0.